The minimum Gasteiger partial charge on any atom is -0.378 e. The number of anilines is 1. The Labute approximate surface area is 148 Å². The fourth-order valence-electron chi connectivity index (χ4n) is 3.81. The summed E-state index contributed by atoms with van der Waals surface area (Å²) in [6, 6.07) is 4.10. The lowest BCUT2D eigenvalue weighted by atomic mass is 9.93. The number of ether oxygens (including phenoxy) is 1. The standard InChI is InChI=1S/C19H26N4O2/c1-2-5-16-12-14(8-11-24-16)19-21-18(22-25-19)17-7-6-15(13-20-17)23-9-3-4-10-23/h6-7,13-14,16H,2-5,8-12H2,1H3/t14-,16+/m0/s1. The zero-order valence-corrected chi connectivity index (χ0v) is 14.9. The predicted molar refractivity (Wildman–Crippen MR) is 95.6 cm³/mol. The zero-order valence-electron chi connectivity index (χ0n) is 14.9. The Morgan fingerprint density at radius 1 is 1.24 bits per heavy atom. The predicted octanol–water partition coefficient (Wildman–Crippen LogP) is 3.79. The summed E-state index contributed by atoms with van der Waals surface area (Å²) < 4.78 is 11.4. The Balaban J connectivity index is 1.45. The Morgan fingerprint density at radius 2 is 2.12 bits per heavy atom. The van der Waals surface area contributed by atoms with Crippen LogP contribution in [0, 0.1) is 0 Å². The van der Waals surface area contributed by atoms with E-state index in [1.807, 2.05) is 12.3 Å². The second kappa shape index (κ2) is 7.52. The molecule has 4 heterocycles. The molecule has 2 atom stereocenters. The second-order valence-electron chi connectivity index (χ2n) is 7.05. The Hall–Kier alpha value is -1.95. The topological polar surface area (TPSA) is 64.3 Å². The molecule has 2 saturated heterocycles. The smallest absolute Gasteiger partial charge is 0.230 e. The molecule has 0 aliphatic carbocycles. The van der Waals surface area contributed by atoms with E-state index in [1.54, 1.807) is 0 Å². The van der Waals surface area contributed by atoms with Gasteiger partial charge in [0, 0.05) is 25.6 Å². The second-order valence-corrected chi connectivity index (χ2v) is 7.05. The van der Waals surface area contributed by atoms with Crippen LogP contribution < -0.4 is 4.90 Å². The summed E-state index contributed by atoms with van der Waals surface area (Å²) in [5.41, 5.74) is 1.95. The van der Waals surface area contributed by atoms with E-state index in [2.05, 4.69) is 33.0 Å². The quantitative estimate of drug-likeness (QED) is 0.823. The van der Waals surface area contributed by atoms with E-state index in [4.69, 9.17) is 9.26 Å². The van der Waals surface area contributed by atoms with Gasteiger partial charge in [-0.25, -0.2) is 0 Å². The van der Waals surface area contributed by atoms with Gasteiger partial charge in [-0.05, 0) is 44.2 Å². The third-order valence-corrected chi connectivity index (χ3v) is 5.22. The van der Waals surface area contributed by atoms with Crippen molar-refractivity contribution >= 4 is 5.69 Å². The van der Waals surface area contributed by atoms with Crippen LogP contribution >= 0.6 is 0 Å². The first kappa shape index (κ1) is 16.5. The van der Waals surface area contributed by atoms with Crippen LogP contribution in [0.25, 0.3) is 11.5 Å². The van der Waals surface area contributed by atoms with Crippen molar-refractivity contribution in [3.63, 3.8) is 0 Å². The average molecular weight is 342 g/mol. The van der Waals surface area contributed by atoms with Crippen LogP contribution in [0.4, 0.5) is 5.69 Å². The molecule has 4 rings (SSSR count). The number of hydrogen-bond donors (Lipinski definition) is 0. The summed E-state index contributed by atoms with van der Waals surface area (Å²) in [6.45, 7) is 5.21. The number of nitrogens with zero attached hydrogens (tertiary/aromatic N) is 4. The molecule has 6 nitrogen and oxygen atoms in total. The van der Waals surface area contributed by atoms with E-state index >= 15 is 0 Å². The van der Waals surface area contributed by atoms with Crippen molar-refractivity contribution in [2.24, 2.45) is 0 Å². The molecule has 0 spiro atoms. The number of aromatic nitrogens is 3. The molecule has 6 heteroatoms. The molecule has 0 bridgehead atoms. The first-order valence-electron chi connectivity index (χ1n) is 9.50. The summed E-state index contributed by atoms with van der Waals surface area (Å²) in [5.74, 6) is 1.61. The molecule has 2 aromatic rings. The minimum atomic E-state index is 0.301. The highest BCUT2D eigenvalue weighted by molar-refractivity contribution is 5.54. The monoisotopic (exact) mass is 342 g/mol. The maximum absolute atomic E-state index is 5.82. The molecule has 0 N–H and O–H groups in total. The number of pyridine rings is 1. The van der Waals surface area contributed by atoms with E-state index in [0.29, 0.717) is 17.8 Å². The normalized spacial score (nSPS) is 24.0. The van der Waals surface area contributed by atoms with Gasteiger partial charge in [0.25, 0.3) is 0 Å². The Kier molecular flexibility index (Phi) is 4.97. The van der Waals surface area contributed by atoms with Crippen molar-refractivity contribution in [2.45, 2.75) is 57.5 Å². The van der Waals surface area contributed by atoms with Crippen LogP contribution in [0.5, 0.6) is 0 Å². The van der Waals surface area contributed by atoms with Crippen LogP contribution in [0.2, 0.25) is 0 Å². The van der Waals surface area contributed by atoms with Gasteiger partial charge in [0.1, 0.15) is 5.69 Å². The van der Waals surface area contributed by atoms with Crippen molar-refractivity contribution in [3.05, 3.63) is 24.2 Å². The molecule has 0 saturated carbocycles. The van der Waals surface area contributed by atoms with Gasteiger partial charge >= 0.3 is 0 Å². The maximum Gasteiger partial charge on any atom is 0.230 e. The van der Waals surface area contributed by atoms with Crippen molar-refractivity contribution < 1.29 is 9.26 Å². The van der Waals surface area contributed by atoms with Gasteiger partial charge in [0.2, 0.25) is 11.7 Å². The van der Waals surface area contributed by atoms with Gasteiger partial charge in [-0.1, -0.05) is 18.5 Å². The summed E-state index contributed by atoms with van der Waals surface area (Å²) in [7, 11) is 0. The Morgan fingerprint density at radius 3 is 2.88 bits per heavy atom. The highest BCUT2D eigenvalue weighted by atomic mass is 16.5. The summed E-state index contributed by atoms with van der Waals surface area (Å²) >= 11 is 0. The zero-order chi connectivity index (χ0) is 17.1. The molecule has 0 aromatic carbocycles. The molecular formula is C19H26N4O2. The largest absolute Gasteiger partial charge is 0.378 e. The van der Waals surface area contributed by atoms with E-state index < -0.39 is 0 Å². The van der Waals surface area contributed by atoms with Gasteiger partial charge in [-0.2, -0.15) is 4.98 Å². The van der Waals surface area contributed by atoms with Gasteiger partial charge in [0.05, 0.1) is 18.0 Å². The summed E-state index contributed by atoms with van der Waals surface area (Å²) in [4.78, 5) is 11.5. The van der Waals surface area contributed by atoms with Crippen LogP contribution in [0.1, 0.15) is 57.3 Å². The molecule has 0 unspecified atom stereocenters. The van der Waals surface area contributed by atoms with E-state index in [1.165, 1.54) is 18.5 Å². The van der Waals surface area contributed by atoms with Gasteiger partial charge in [-0.3, -0.25) is 4.98 Å². The highest BCUT2D eigenvalue weighted by Gasteiger charge is 2.28. The van der Waals surface area contributed by atoms with E-state index in [9.17, 15) is 0 Å². The van der Waals surface area contributed by atoms with Gasteiger partial charge in [-0.15, -0.1) is 0 Å². The lowest BCUT2D eigenvalue weighted by Crippen LogP contribution is -2.24. The lowest BCUT2D eigenvalue weighted by Gasteiger charge is -2.27. The van der Waals surface area contributed by atoms with E-state index in [-0.39, 0.29) is 0 Å². The molecule has 134 valence electrons. The van der Waals surface area contributed by atoms with Crippen molar-refractivity contribution in [1.29, 1.82) is 0 Å². The molecular weight excluding hydrogens is 316 g/mol. The highest BCUT2D eigenvalue weighted by Crippen LogP contribution is 2.31. The third kappa shape index (κ3) is 3.68. The van der Waals surface area contributed by atoms with Crippen LogP contribution in [-0.2, 0) is 4.74 Å². The number of rotatable bonds is 5. The summed E-state index contributed by atoms with van der Waals surface area (Å²) in [6.07, 6.45) is 8.91. The van der Waals surface area contributed by atoms with Gasteiger partial charge < -0.3 is 14.2 Å². The molecule has 2 aromatic heterocycles. The van der Waals surface area contributed by atoms with Crippen molar-refractivity contribution in [2.75, 3.05) is 24.6 Å². The van der Waals surface area contributed by atoms with E-state index in [0.717, 1.165) is 57.0 Å². The molecule has 25 heavy (non-hydrogen) atoms. The molecule has 0 amide bonds. The van der Waals surface area contributed by atoms with Gasteiger partial charge in [0.15, 0.2) is 0 Å². The molecule has 2 aliphatic heterocycles. The first-order chi connectivity index (χ1) is 12.3. The van der Waals surface area contributed by atoms with Crippen LogP contribution in [-0.4, -0.2) is 40.9 Å². The summed E-state index contributed by atoms with van der Waals surface area (Å²) in [5, 5.41) is 4.16. The first-order valence-corrected chi connectivity index (χ1v) is 9.50. The third-order valence-electron chi connectivity index (χ3n) is 5.22. The minimum absolute atomic E-state index is 0.301. The average Bonchev–Trinajstić information content (AvgIpc) is 3.35. The SMILES string of the molecule is CCC[C@@H]1C[C@@H](c2nc(-c3ccc(N4CCCC4)cn3)no2)CCO1. The fraction of sp³-hybridized carbons (Fsp3) is 0.632. The van der Waals surface area contributed by atoms with Crippen LogP contribution in [0.3, 0.4) is 0 Å². The lowest BCUT2D eigenvalue weighted by molar-refractivity contribution is -0.00302. The van der Waals surface area contributed by atoms with Crippen LogP contribution in [0.15, 0.2) is 22.9 Å². The molecule has 0 radical (unpaired) electrons. The Bertz CT molecular complexity index is 677. The maximum atomic E-state index is 5.82. The molecule has 2 aliphatic rings. The number of hydrogen-bond acceptors (Lipinski definition) is 6. The van der Waals surface area contributed by atoms with Crippen molar-refractivity contribution in [3.8, 4) is 11.5 Å². The fourth-order valence-corrected chi connectivity index (χ4v) is 3.81. The van der Waals surface area contributed by atoms with Crippen molar-refractivity contribution in [1.82, 2.24) is 15.1 Å². The molecule has 2 fully saturated rings.